The molecule has 0 fully saturated rings. The molecule has 1 unspecified atom stereocenters. The summed E-state index contributed by atoms with van der Waals surface area (Å²) in [7, 11) is 0. The van der Waals surface area contributed by atoms with Crippen LogP contribution in [0.15, 0.2) is 32.5 Å². The normalized spacial score (nSPS) is 12.8. The van der Waals surface area contributed by atoms with Crippen molar-refractivity contribution >= 4 is 43.2 Å². The fourth-order valence-electron chi connectivity index (χ4n) is 1.68. The summed E-state index contributed by atoms with van der Waals surface area (Å²) in [4.78, 5) is 0.968. The zero-order valence-electron chi connectivity index (χ0n) is 9.50. The van der Waals surface area contributed by atoms with Gasteiger partial charge in [0.15, 0.2) is 0 Å². The minimum atomic E-state index is -0.553. The molecule has 1 atom stereocenters. The highest BCUT2D eigenvalue weighted by Gasteiger charge is 2.16. The van der Waals surface area contributed by atoms with E-state index >= 15 is 0 Å². The molecule has 4 heteroatoms. The summed E-state index contributed by atoms with van der Waals surface area (Å²) in [6.07, 6.45) is -0.553. The number of hydrogen-bond donors (Lipinski definition) is 1. The first-order valence-electron chi connectivity index (χ1n) is 5.19. The highest BCUT2D eigenvalue weighted by molar-refractivity contribution is 9.11. The Bertz CT molecular complexity index is 529. The standard InChI is InChI=1S/C13H12Br2OS/c1-7-3-4-9(14)6-10(7)12(16)11-5-8(2)13(15)17-11/h3-6,12,16H,1-2H3. The number of aliphatic hydroxyl groups excluding tert-OH is 1. The van der Waals surface area contributed by atoms with Crippen LogP contribution in [0.2, 0.25) is 0 Å². The number of aryl methyl sites for hydroxylation is 2. The van der Waals surface area contributed by atoms with Crippen LogP contribution >= 0.6 is 43.2 Å². The lowest BCUT2D eigenvalue weighted by atomic mass is 10.0. The number of halogens is 2. The third-order valence-corrected chi connectivity index (χ3v) is 5.36. The molecule has 0 saturated heterocycles. The molecule has 2 rings (SSSR count). The van der Waals surface area contributed by atoms with E-state index in [1.54, 1.807) is 11.3 Å². The molecular weight excluding hydrogens is 364 g/mol. The van der Waals surface area contributed by atoms with E-state index in [1.165, 1.54) is 0 Å². The summed E-state index contributed by atoms with van der Waals surface area (Å²) in [5.41, 5.74) is 3.22. The van der Waals surface area contributed by atoms with E-state index in [9.17, 15) is 5.11 Å². The van der Waals surface area contributed by atoms with Crippen molar-refractivity contribution in [2.75, 3.05) is 0 Å². The second-order valence-corrected chi connectivity index (χ2v) is 7.33. The Hall–Kier alpha value is -0.160. The average Bonchev–Trinajstić information content (AvgIpc) is 2.62. The number of thiophene rings is 1. The van der Waals surface area contributed by atoms with E-state index in [4.69, 9.17) is 0 Å². The maximum Gasteiger partial charge on any atom is 0.114 e. The van der Waals surface area contributed by atoms with Crippen molar-refractivity contribution in [1.82, 2.24) is 0 Å². The monoisotopic (exact) mass is 374 g/mol. The molecule has 1 N–H and O–H groups in total. The molecule has 0 aliphatic heterocycles. The highest BCUT2D eigenvalue weighted by atomic mass is 79.9. The molecule has 0 radical (unpaired) electrons. The fraction of sp³-hybridized carbons (Fsp3) is 0.231. The van der Waals surface area contributed by atoms with Gasteiger partial charge in [0.2, 0.25) is 0 Å². The SMILES string of the molecule is Cc1ccc(Br)cc1C(O)c1cc(C)c(Br)s1. The minimum Gasteiger partial charge on any atom is -0.383 e. The molecule has 0 amide bonds. The van der Waals surface area contributed by atoms with Crippen LogP contribution in [0.4, 0.5) is 0 Å². The Morgan fingerprint density at radius 2 is 1.82 bits per heavy atom. The molecule has 0 aliphatic carbocycles. The van der Waals surface area contributed by atoms with Gasteiger partial charge >= 0.3 is 0 Å². The third-order valence-electron chi connectivity index (χ3n) is 2.68. The molecule has 1 heterocycles. The third kappa shape index (κ3) is 2.81. The molecule has 17 heavy (non-hydrogen) atoms. The quantitative estimate of drug-likeness (QED) is 0.785. The second-order valence-electron chi connectivity index (χ2n) is 4.01. The molecule has 2 aromatic rings. The summed E-state index contributed by atoms with van der Waals surface area (Å²) < 4.78 is 2.07. The summed E-state index contributed by atoms with van der Waals surface area (Å²) in [5, 5.41) is 10.4. The lowest BCUT2D eigenvalue weighted by Gasteiger charge is -2.12. The van der Waals surface area contributed by atoms with Crippen molar-refractivity contribution in [2.45, 2.75) is 20.0 Å². The molecular formula is C13H12Br2OS. The summed E-state index contributed by atoms with van der Waals surface area (Å²) in [6.45, 7) is 4.05. The zero-order valence-corrected chi connectivity index (χ0v) is 13.5. The van der Waals surface area contributed by atoms with Crippen LogP contribution in [0.3, 0.4) is 0 Å². The van der Waals surface area contributed by atoms with Gasteiger partial charge in [-0.2, -0.15) is 0 Å². The van der Waals surface area contributed by atoms with Gasteiger partial charge in [-0.15, -0.1) is 11.3 Å². The maximum absolute atomic E-state index is 10.4. The van der Waals surface area contributed by atoms with Crippen LogP contribution in [-0.4, -0.2) is 5.11 Å². The predicted octanol–water partition coefficient (Wildman–Crippen LogP) is 4.97. The van der Waals surface area contributed by atoms with Crippen LogP contribution in [0.1, 0.15) is 27.7 Å². The molecule has 0 saturated carbocycles. The van der Waals surface area contributed by atoms with E-state index in [2.05, 4.69) is 31.9 Å². The first-order chi connectivity index (χ1) is 7.99. The van der Waals surface area contributed by atoms with Gasteiger partial charge < -0.3 is 5.11 Å². The first-order valence-corrected chi connectivity index (χ1v) is 7.59. The van der Waals surface area contributed by atoms with Crippen LogP contribution in [0.25, 0.3) is 0 Å². The van der Waals surface area contributed by atoms with Gasteiger partial charge in [0.05, 0.1) is 3.79 Å². The average molecular weight is 376 g/mol. The summed E-state index contributed by atoms with van der Waals surface area (Å²) in [5.74, 6) is 0. The summed E-state index contributed by atoms with van der Waals surface area (Å²) >= 11 is 8.51. The number of benzene rings is 1. The Kier molecular flexibility index (Phi) is 4.08. The van der Waals surface area contributed by atoms with Gasteiger partial charge in [-0.05, 0) is 64.7 Å². The topological polar surface area (TPSA) is 20.2 Å². The van der Waals surface area contributed by atoms with Crippen molar-refractivity contribution < 1.29 is 5.11 Å². The van der Waals surface area contributed by atoms with Gasteiger partial charge in [0, 0.05) is 9.35 Å². The highest BCUT2D eigenvalue weighted by Crippen LogP contribution is 2.35. The van der Waals surface area contributed by atoms with E-state index in [1.807, 2.05) is 38.1 Å². The van der Waals surface area contributed by atoms with Gasteiger partial charge in [0.1, 0.15) is 6.10 Å². The lowest BCUT2D eigenvalue weighted by Crippen LogP contribution is -1.99. The Morgan fingerprint density at radius 3 is 2.41 bits per heavy atom. The second kappa shape index (κ2) is 5.22. The molecule has 90 valence electrons. The predicted molar refractivity (Wildman–Crippen MR) is 79.7 cm³/mol. The molecule has 1 nitrogen and oxygen atoms in total. The van der Waals surface area contributed by atoms with Gasteiger partial charge in [-0.25, -0.2) is 0 Å². The minimum absolute atomic E-state index is 0.553. The van der Waals surface area contributed by atoms with Crippen molar-refractivity contribution in [3.8, 4) is 0 Å². The van der Waals surface area contributed by atoms with Crippen LogP contribution in [0, 0.1) is 13.8 Å². The maximum atomic E-state index is 10.4. The smallest absolute Gasteiger partial charge is 0.114 e. The van der Waals surface area contributed by atoms with Crippen molar-refractivity contribution in [2.24, 2.45) is 0 Å². The number of aliphatic hydroxyl groups is 1. The number of rotatable bonds is 2. The van der Waals surface area contributed by atoms with E-state index in [0.717, 1.165) is 29.8 Å². The zero-order chi connectivity index (χ0) is 12.6. The first kappa shape index (κ1) is 13.3. The molecule has 1 aromatic heterocycles. The van der Waals surface area contributed by atoms with Gasteiger partial charge in [-0.1, -0.05) is 22.0 Å². The summed E-state index contributed by atoms with van der Waals surface area (Å²) in [6, 6.07) is 8.00. The molecule has 1 aromatic carbocycles. The lowest BCUT2D eigenvalue weighted by molar-refractivity contribution is 0.223. The van der Waals surface area contributed by atoms with Crippen molar-refractivity contribution in [3.63, 3.8) is 0 Å². The van der Waals surface area contributed by atoms with E-state index in [0.29, 0.717) is 0 Å². The van der Waals surface area contributed by atoms with E-state index in [-0.39, 0.29) is 0 Å². The van der Waals surface area contributed by atoms with Crippen LogP contribution in [0.5, 0.6) is 0 Å². The van der Waals surface area contributed by atoms with Gasteiger partial charge in [-0.3, -0.25) is 0 Å². The molecule has 0 bridgehead atoms. The molecule has 0 aliphatic rings. The molecule has 0 spiro atoms. The van der Waals surface area contributed by atoms with Gasteiger partial charge in [0.25, 0.3) is 0 Å². The Balaban J connectivity index is 2.42. The van der Waals surface area contributed by atoms with Crippen LogP contribution in [-0.2, 0) is 0 Å². The number of hydrogen-bond acceptors (Lipinski definition) is 2. The van der Waals surface area contributed by atoms with E-state index < -0.39 is 6.10 Å². The van der Waals surface area contributed by atoms with Crippen molar-refractivity contribution in [1.29, 1.82) is 0 Å². The van der Waals surface area contributed by atoms with Crippen LogP contribution < -0.4 is 0 Å². The Labute approximate surface area is 122 Å². The fourth-order valence-corrected chi connectivity index (χ4v) is 3.63. The Morgan fingerprint density at radius 1 is 1.12 bits per heavy atom. The van der Waals surface area contributed by atoms with Crippen molar-refractivity contribution in [3.05, 3.63) is 54.1 Å². The largest absolute Gasteiger partial charge is 0.383 e.